The second kappa shape index (κ2) is 8.70. The van der Waals surface area contributed by atoms with E-state index in [2.05, 4.69) is 10.6 Å². The Kier molecular flexibility index (Phi) is 6.62. The molecule has 3 N–H and O–H groups in total. The maximum atomic E-state index is 14.0. The molecule has 0 heterocycles. The van der Waals surface area contributed by atoms with Crippen LogP contribution in [0.15, 0.2) is 12.1 Å². The van der Waals surface area contributed by atoms with E-state index in [4.69, 9.17) is 14.6 Å². The first kappa shape index (κ1) is 19.8. The van der Waals surface area contributed by atoms with Gasteiger partial charge in [0.05, 0.1) is 26.5 Å². The third kappa shape index (κ3) is 4.75. The number of hydrogen-bond donors (Lipinski definition) is 3. The zero-order chi connectivity index (χ0) is 19.3. The van der Waals surface area contributed by atoms with E-state index < -0.39 is 17.8 Å². The number of likely N-dealkylation sites (N-methyl/N-ethyl adjacent to an activating group) is 1. The van der Waals surface area contributed by atoms with E-state index in [1.165, 1.54) is 20.3 Å². The van der Waals surface area contributed by atoms with Gasteiger partial charge in [-0.25, -0.2) is 9.18 Å². The van der Waals surface area contributed by atoms with Crippen molar-refractivity contribution in [3.63, 3.8) is 0 Å². The van der Waals surface area contributed by atoms with E-state index in [1.807, 2.05) is 11.8 Å². The summed E-state index contributed by atoms with van der Waals surface area (Å²) in [4.78, 5) is 24.8. The number of urea groups is 1. The maximum absolute atomic E-state index is 14.0. The number of nitrogens with zero attached hydrogens (tertiary/aromatic N) is 1. The smallest absolute Gasteiger partial charge is 0.319 e. The molecule has 0 saturated heterocycles. The van der Waals surface area contributed by atoms with Crippen molar-refractivity contribution in [2.45, 2.75) is 31.8 Å². The first-order chi connectivity index (χ1) is 12.4. The Balaban J connectivity index is 1.88. The van der Waals surface area contributed by atoms with Crippen molar-refractivity contribution in [1.29, 1.82) is 0 Å². The van der Waals surface area contributed by atoms with Gasteiger partial charge in [-0.15, -0.1) is 0 Å². The number of carbonyl (C=O) groups is 2. The summed E-state index contributed by atoms with van der Waals surface area (Å²) in [5.41, 5.74) is -0.0166. The predicted molar refractivity (Wildman–Crippen MR) is 93.4 cm³/mol. The summed E-state index contributed by atoms with van der Waals surface area (Å²) < 4.78 is 24.1. The van der Waals surface area contributed by atoms with Gasteiger partial charge in [0.2, 0.25) is 0 Å². The summed E-state index contributed by atoms with van der Waals surface area (Å²) in [7, 11) is 2.82. The van der Waals surface area contributed by atoms with E-state index in [1.54, 1.807) is 0 Å². The van der Waals surface area contributed by atoms with Crippen molar-refractivity contribution < 1.29 is 28.6 Å². The molecule has 0 aliphatic heterocycles. The molecule has 0 aromatic heterocycles. The standard InChI is InChI=1S/C17H24FN3O5/c1-4-21(9-16(22)23)11-5-10(6-11)19-17(24)20-13-8-15(26-3)14(25-2)7-12(13)18/h7-8,10-11H,4-6,9H2,1-3H3,(H,22,23)(H2,19,20,24). The lowest BCUT2D eigenvalue weighted by Crippen LogP contribution is -2.55. The average molecular weight is 369 g/mol. The third-order valence-corrected chi connectivity index (χ3v) is 4.43. The molecule has 26 heavy (non-hydrogen) atoms. The van der Waals surface area contributed by atoms with E-state index in [9.17, 15) is 14.0 Å². The lowest BCUT2D eigenvalue weighted by Gasteiger charge is -2.42. The number of benzene rings is 1. The minimum Gasteiger partial charge on any atom is -0.493 e. The fourth-order valence-corrected chi connectivity index (χ4v) is 2.97. The molecule has 1 saturated carbocycles. The fourth-order valence-electron chi connectivity index (χ4n) is 2.97. The number of carboxylic acids is 1. The van der Waals surface area contributed by atoms with E-state index in [-0.39, 0.29) is 30.1 Å². The Hall–Kier alpha value is -2.55. The molecule has 1 aliphatic carbocycles. The van der Waals surface area contributed by atoms with Crippen LogP contribution in [-0.2, 0) is 4.79 Å². The number of amides is 2. The Morgan fingerprint density at radius 2 is 1.88 bits per heavy atom. The van der Waals surface area contributed by atoms with Crippen molar-refractivity contribution in [1.82, 2.24) is 10.2 Å². The highest BCUT2D eigenvalue weighted by molar-refractivity contribution is 5.90. The summed E-state index contributed by atoms with van der Waals surface area (Å²) >= 11 is 0. The Morgan fingerprint density at radius 1 is 1.27 bits per heavy atom. The molecule has 0 atom stereocenters. The third-order valence-electron chi connectivity index (χ3n) is 4.43. The summed E-state index contributed by atoms with van der Waals surface area (Å²) in [5, 5.41) is 14.1. The van der Waals surface area contributed by atoms with Crippen molar-refractivity contribution in [3.8, 4) is 11.5 Å². The molecule has 1 aromatic rings. The van der Waals surface area contributed by atoms with E-state index in [0.717, 1.165) is 6.07 Å². The number of methoxy groups -OCH3 is 2. The molecule has 0 radical (unpaired) electrons. The number of aliphatic carboxylic acids is 1. The molecule has 2 rings (SSSR count). The average Bonchev–Trinajstić information content (AvgIpc) is 2.57. The molecule has 1 aromatic carbocycles. The zero-order valence-electron chi connectivity index (χ0n) is 15.0. The maximum Gasteiger partial charge on any atom is 0.319 e. The van der Waals surface area contributed by atoms with Crippen LogP contribution in [0.1, 0.15) is 19.8 Å². The number of rotatable bonds is 8. The summed E-state index contributed by atoms with van der Waals surface area (Å²) in [5.74, 6) is -0.969. The topological polar surface area (TPSA) is 100 Å². The first-order valence-electron chi connectivity index (χ1n) is 8.32. The Morgan fingerprint density at radius 3 is 2.42 bits per heavy atom. The van der Waals surface area contributed by atoms with Crippen LogP contribution >= 0.6 is 0 Å². The largest absolute Gasteiger partial charge is 0.493 e. The highest BCUT2D eigenvalue weighted by atomic mass is 19.1. The summed E-state index contributed by atoms with van der Waals surface area (Å²) in [6.45, 7) is 2.51. The highest BCUT2D eigenvalue weighted by Gasteiger charge is 2.34. The molecule has 144 valence electrons. The van der Waals surface area contributed by atoms with E-state index >= 15 is 0 Å². The SMILES string of the molecule is CCN(CC(=O)O)C1CC(NC(=O)Nc2cc(OC)c(OC)cc2F)C1. The van der Waals surface area contributed by atoms with Crippen LogP contribution in [0.2, 0.25) is 0 Å². The van der Waals surface area contributed by atoms with Crippen LogP contribution in [0.3, 0.4) is 0 Å². The predicted octanol–water partition coefficient (Wildman–Crippen LogP) is 1.90. The minimum absolute atomic E-state index is 0.0166. The second-order valence-electron chi connectivity index (χ2n) is 6.06. The van der Waals surface area contributed by atoms with Gasteiger partial charge >= 0.3 is 12.0 Å². The molecule has 0 unspecified atom stereocenters. The fraction of sp³-hybridized carbons (Fsp3) is 0.529. The number of nitrogens with one attached hydrogen (secondary N) is 2. The molecule has 9 heteroatoms. The van der Waals surface area contributed by atoms with Gasteiger partial charge in [0, 0.05) is 24.2 Å². The lowest BCUT2D eigenvalue weighted by molar-refractivity contribution is -0.139. The number of carbonyl (C=O) groups excluding carboxylic acids is 1. The van der Waals surface area contributed by atoms with Gasteiger partial charge in [-0.3, -0.25) is 9.69 Å². The van der Waals surface area contributed by atoms with Crippen LogP contribution in [0.25, 0.3) is 0 Å². The summed E-state index contributed by atoms with van der Waals surface area (Å²) in [6, 6.07) is 2.01. The van der Waals surface area contributed by atoms with Gasteiger partial charge in [-0.1, -0.05) is 6.92 Å². The number of hydrogen-bond acceptors (Lipinski definition) is 5. The monoisotopic (exact) mass is 369 g/mol. The Bertz CT molecular complexity index is 664. The zero-order valence-corrected chi connectivity index (χ0v) is 15.0. The molecule has 0 spiro atoms. The van der Waals surface area contributed by atoms with Crippen LogP contribution in [0.4, 0.5) is 14.9 Å². The second-order valence-corrected chi connectivity index (χ2v) is 6.06. The van der Waals surface area contributed by atoms with Crippen molar-refractivity contribution in [3.05, 3.63) is 17.9 Å². The highest BCUT2D eigenvalue weighted by Crippen LogP contribution is 2.32. The van der Waals surface area contributed by atoms with Gasteiger partial charge in [0.15, 0.2) is 17.3 Å². The first-order valence-corrected chi connectivity index (χ1v) is 8.32. The van der Waals surface area contributed by atoms with Crippen molar-refractivity contribution in [2.75, 3.05) is 32.6 Å². The molecule has 0 bridgehead atoms. The van der Waals surface area contributed by atoms with Gasteiger partial charge in [-0.2, -0.15) is 0 Å². The quantitative estimate of drug-likeness (QED) is 0.647. The molecule has 1 fully saturated rings. The normalized spacial score (nSPS) is 18.8. The van der Waals surface area contributed by atoms with Crippen LogP contribution in [0.5, 0.6) is 11.5 Å². The summed E-state index contributed by atoms with van der Waals surface area (Å²) in [6.07, 6.45) is 1.31. The van der Waals surface area contributed by atoms with Crippen LogP contribution in [-0.4, -0.2) is 61.4 Å². The van der Waals surface area contributed by atoms with Gasteiger partial charge in [-0.05, 0) is 19.4 Å². The molecule has 1 aliphatic rings. The number of ether oxygens (including phenoxy) is 2. The van der Waals surface area contributed by atoms with Crippen LogP contribution < -0.4 is 20.1 Å². The van der Waals surface area contributed by atoms with Gasteiger partial charge in [0.1, 0.15) is 0 Å². The van der Waals surface area contributed by atoms with Crippen molar-refractivity contribution in [2.24, 2.45) is 0 Å². The lowest BCUT2D eigenvalue weighted by atomic mass is 9.85. The Labute approximate surface area is 151 Å². The molecular formula is C17H24FN3O5. The molecule has 8 nitrogen and oxygen atoms in total. The number of carboxylic acid groups (broad SMARTS) is 1. The van der Waals surface area contributed by atoms with E-state index in [0.29, 0.717) is 25.1 Å². The minimum atomic E-state index is -0.870. The molecular weight excluding hydrogens is 345 g/mol. The molecule has 2 amide bonds. The number of anilines is 1. The number of halogens is 1. The van der Waals surface area contributed by atoms with Crippen molar-refractivity contribution >= 4 is 17.7 Å². The van der Waals surface area contributed by atoms with Gasteiger partial charge < -0.3 is 25.2 Å². The van der Waals surface area contributed by atoms with Gasteiger partial charge in [0.25, 0.3) is 0 Å². The van der Waals surface area contributed by atoms with Crippen LogP contribution in [0, 0.1) is 5.82 Å².